The molecular formula is C27H25FN2O. The van der Waals surface area contributed by atoms with E-state index in [9.17, 15) is 9.18 Å². The summed E-state index contributed by atoms with van der Waals surface area (Å²) in [5.41, 5.74) is 3.68. The Morgan fingerprint density at radius 3 is 2.52 bits per heavy atom. The van der Waals surface area contributed by atoms with E-state index >= 15 is 0 Å². The van der Waals surface area contributed by atoms with Crippen molar-refractivity contribution in [3.63, 3.8) is 0 Å². The number of benzene rings is 2. The van der Waals surface area contributed by atoms with Gasteiger partial charge in [-0.25, -0.2) is 4.39 Å². The van der Waals surface area contributed by atoms with Crippen LogP contribution in [0, 0.1) is 35.9 Å². The van der Waals surface area contributed by atoms with Crippen LogP contribution in [0.5, 0.6) is 0 Å². The molecule has 0 radical (unpaired) electrons. The number of hydrogen-bond acceptors (Lipinski definition) is 2. The first-order chi connectivity index (χ1) is 15.1. The molecule has 0 spiro atoms. The Morgan fingerprint density at radius 1 is 1.06 bits per heavy atom. The van der Waals surface area contributed by atoms with Gasteiger partial charge >= 0.3 is 0 Å². The first kappa shape index (κ1) is 19.8. The fraction of sp³-hybridized carbons (Fsp3) is 0.333. The van der Waals surface area contributed by atoms with Crippen molar-refractivity contribution < 1.29 is 9.18 Å². The summed E-state index contributed by atoms with van der Waals surface area (Å²) in [5.74, 6) is 4.63. The molecule has 2 aliphatic rings. The number of pyridine rings is 1. The van der Waals surface area contributed by atoms with Crippen molar-refractivity contribution in [1.29, 1.82) is 0 Å². The van der Waals surface area contributed by atoms with Crippen molar-refractivity contribution in [2.24, 2.45) is 17.8 Å². The number of rotatable bonds is 4. The minimum absolute atomic E-state index is 0.0746. The van der Waals surface area contributed by atoms with E-state index in [0.29, 0.717) is 30.1 Å². The minimum atomic E-state index is -0.208. The Bertz CT molecular complexity index is 1150. The molecule has 2 unspecified atom stereocenters. The lowest BCUT2D eigenvalue weighted by atomic mass is 9.89. The van der Waals surface area contributed by atoms with Crippen LogP contribution in [0.2, 0.25) is 0 Å². The Labute approximate surface area is 182 Å². The molecule has 1 N–H and O–H groups in total. The lowest BCUT2D eigenvalue weighted by Crippen LogP contribution is -2.15. The average molecular weight is 413 g/mol. The van der Waals surface area contributed by atoms with Gasteiger partial charge in [-0.3, -0.25) is 9.78 Å². The van der Waals surface area contributed by atoms with E-state index in [-0.39, 0.29) is 11.7 Å². The van der Waals surface area contributed by atoms with Crippen LogP contribution in [0.1, 0.15) is 49.1 Å². The number of fused-ring (bicyclic) bond motifs is 2. The topological polar surface area (TPSA) is 42.0 Å². The normalized spacial score (nSPS) is 24.6. The van der Waals surface area contributed by atoms with Gasteiger partial charge in [-0.2, -0.15) is 0 Å². The van der Waals surface area contributed by atoms with Crippen molar-refractivity contribution in [3.05, 3.63) is 71.7 Å². The summed E-state index contributed by atoms with van der Waals surface area (Å²) in [5, 5.41) is 3.94. The third-order valence-electron chi connectivity index (χ3n) is 7.10. The largest absolute Gasteiger partial charge is 0.326 e. The highest BCUT2D eigenvalue weighted by molar-refractivity contribution is 5.91. The highest BCUT2D eigenvalue weighted by Crippen LogP contribution is 2.53. The number of aromatic nitrogens is 1. The lowest BCUT2D eigenvalue weighted by molar-refractivity contribution is -0.117. The maximum absolute atomic E-state index is 13.8. The smallest absolute Gasteiger partial charge is 0.224 e. The van der Waals surface area contributed by atoms with Gasteiger partial charge in [0.2, 0.25) is 5.91 Å². The number of terminal acetylenes is 1. The van der Waals surface area contributed by atoms with Gasteiger partial charge < -0.3 is 5.32 Å². The van der Waals surface area contributed by atoms with Gasteiger partial charge in [0.15, 0.2) is 0 Å². The van der Waals surface area contributed by atoms with E-state index in [1.807, 2.05) is 30.5 Å². The number of anilines is 1. The van der Waals surface area contributed by atoms with Crippen LogP contribution in [0.25, 0.3) is 10.9 Å². The van der Waals surface area contributed by atoms with Crippen molar-refractivity contribution in [2.45, 2.75) is 38.0 Å². The number of nitrogens with zero attached hydrogens (tertiary/aromatic N) is 1. The van der Waals surface area contributed by atoms with E-state index in [4.69, 9.17) is 6.42 Å². The van der Waals surface area contributed by atoms with Crippen LogP contribution in [0.3, 0.4) is 0 Å². The Hall–Kier alpha value is -3.19. The summed E-state index contributed by atoms with van der Waals surface area (Å²) in [6.07, 6.45) is 12.2. The van der Waals surface area contributed by atoms with Gasteiger partial charge in [0.05, 0.1) is 5.52 Å². The summed E-state index contributed by atoms with van der Waals surface area (Å²) in [4.78, 5) is 16.9. The molecule has 1 heterocycles. The molecule has 4 heteroatoms. The highest BCUT2D eigenvalue weighted by Gasteiger charge is 2.42. The molecule has 3 nitrogen and oxygen atoms in total. The van der Waals surface area contributed by atoms with Gasteiger partial charge in [0.1, 0.15) is 5.82 Å². The molecule has 0 saturated heterocycles. The quantitative estimate of drug-likeness (QED) is 0.542. The Kier molecular flexibility index (Phi) is 5.19. The number of nitrogens with one attached hydrogen (secondary N) is 1. The van der Waals surface area contributed by atoms with Gasteiger partial charge in [-0.05, 0) is 103 Å². The molecule has 4 atom stereocenters. The minimum Gasteiger partial charge on any atom is -0.326 e. The monoisotopic (exact) mass is 412 g/mol. The van der Waals surface area contributed by atoms with Crippen molar-refractivity contribution in [1.82, 2.24) is 4.98 Å². The van der Waals surface area contributed by atoms with Crippen LogP contribution in [-0.2, 0) is 4.79 Å². The Balaban J connectivity index is 1.20. The van der Waals surface area contributed by atoms with E-state index < -0.39 is 0 Å². The molecule has 2 aliphatic carbocycles. The van der Waals surface area contributed by atoms with E-state index in [1.54, 1.807) is 12.1 Å². The summed E-state index contributed by atoms with van der Waals surface area (Å²) in [7, 11) is 0. The van der Waals surface area contributed by atoms with Crippen LogP contribution >= 0.6 is 0 Å². The third-order valence-corrected chi connectivity index (χ3v) is 7.10. The predicted octanol–water partition coefficient (Wildman–Crippen LogP) is 5.90. The molecule has 2 saturated carbocycles. The van der Waals surface area contributed by atoms with Crippen LogP contribution in [0.4, 0.5) is 10.1 Å². The fourth-order valence-corrected chi connectivity index (χ4v) is 5.78. The highest BCUT2D eigenvalue weighted by atomic mass is 19.1. The second kappa shape index (κ2) is 8.15. The lowest BCUT2D eigenvalue weighted by Gasteiger charge is -2.17. The van der Waals surface area contributed by atoms with E-state index in [0.717, 1.165) is 47.8 Å². The molecule has 2 aromatic carbocycles. The Morgan fingerprint density at radius 2 is 1.81 bits per heavy atom. The van der Waals surface area contributed by atoms with Gasteiger partial charge in [-0.15, -0.1) is 6.42 Å². The maximum atomic E-state index is 13.8. The molecule has 1 aromatic heterocycles. The maximum Gasteiger partial charge on any atom is 0.224 e. The summed E-state index contributed by atoms with van der Waals surface area (Å²) < 4.78 is 13.8. The number of halogens is 1. The fourth-order valence-electron chi connectivity index (χ4n) is 5.78. The van der Waals surface area contributed by atoms with Crippen LogP contribution < -0.4 is 5.32 Å². The zero-order valence-corrected chi connectivity index (χ0v) is 17.4. The molecule has 2 fully saturated rings. The summed E-state index contributed by atoms with van der Waals surface area (Å²) in [6.45, 7) is 0. The van der Waals surface area contributed by atoms with Crippen LogP contribution in [0.15, 0.2) is 54.7 Å². The first-order valence-corrected chi connectivity index (χ1v) is 11.0. The average Bonchev–Trinajstić information content (AvgIpc) is 3.32. The van der Waals surface area contributed by atoms with E-state index in [2.05, 4.69) is 22.3 Å². The molecule has 1 amide bonds. The first-order valence-electron chi connectivity index (χ1n) is 11.0. The second-order valence-corrected chi connectivity index (χ2v) is 9.06. The molecule has 0 aliphatic heterocycles. The molecule has 156 valence electrons. The van der Waals surface area contributed by atoms with Crippen molar-refractivity contribution in [2.75, 3.05) is 5.32 Å². The summed E-state index contributed by atoms with van der Waals surface area (Å²) in [6, 6.07) is 14.3. The van der Waals surface area contributed by atoms with E-state index in [1.165, 1.54) is 11.6 Å². The zero-order valence-electron chi connectivity index (χ0n) is 17.4. The second-order valence-electron chi connectivity index (χ2n) is 9.06. The predicted molar refractivity (Wildman–Crippen MR) is 121 cm³/mol. The number of carbonyl (C=O) groups is 1. The third kappa shape index (κ3) is 4.05. The molecule has 31 heavy (non-hydrogen) atoms. The van der Waals surface area contributed by atoms with Crippen molar-refractivity contribution >= 4 is 22.5 Å². The van der Waals surface area contributed by atoms with Gasteiger partial charge in [0, 0.05) is 29.3 Å². The molecular weight excluding hydrogens is 387 g/mol. The molecule has 3 aromatic rings. The summed E-state index contributed by atoms with van der Waals surface area (Å²) >= 11 is 0. The zero-order chi connectivity index (χ0) is 21.4. The SMILES string of the molecule is C#Cc1ccc(NC(=O)C[C@H]2CC3CC(c4ccnc5ccc(F)cc45)C[C@H]3C2)cc1. The number of amides is 1. The van der Waals surface area contributed by atoms with Crippen molar-refractivity contribution in [3.8, 4) is 12.3 Å². The van der Waals surface area contributed by atoms with Gasteiger partial charge in [0.25, 0.3) is 0 Å². The standard InChI is InChI=1S/C27H25FN2O/c1-2-17-3-6-23(7-4-17)30-27(31)13-18-11-19-14-21(15-20(19)12-18)24-9-10-29-26-8-5-22(28)16-25(24)26/h1,3-10,16,18-21H,11-15H2,(H,30,31)/t18-,19-,20?,21?/m1/s1. The molecule has 0 bridgehead atoms. The molecule has 5 rings (SSSR count). The number of hydrogen-bond donors (Lipinski definition) is 1. The van der Waals surface area contributed by atoms with Gasteiger partial charge in [-0.1, -0.05) is 5.92 Å². The van der Waals surface area contributed by atoms with Crippen LogP contribution in [-0.4, -0.2) is 10.9 Å². The number of carbonyl (C=O) groups excluding carboxylic acids is 1.